The summed E-state index contributed by atoms with van der Waals surface area (Å²) in [4.78, 5) is 11.9. The van der Waals surface area contributed by atoms with Gasteiger partial charge >= 0.3 is 0 Å². The van der Waals surface area contributed by atoms with Crippen molar-refractivity contribution in [2.24, 2.45) is 5.84 Å². The van der Waals surface area contributed by atoms with Gasteiger partial charge in [0.05, 0.1) is 12.2 Å². The standard InChI is InChI=1S/C12H13F2N5O/c1-6(8-4-16-17-5-8)18-12(20)7-2-9(13)11(19-15)10(14)3-7/h2-6,19H,15H2,1H3,(H,16,17)(H,18,20). The molecule has 1 unspecified atom stereocenters. The molecule has 106 valence electrons. The Kier molecular flexibility index (Phi) is 3.94. The molecule has 1 heterocycles. The van der Waals surface area contributed by atoms with Crippen molar-refractivity contribution in [3.05, 3.63) is 47.3 Å². The summed E-state index contributed by atoms with van der Waals surface area (Å²) in [5, 5.41) is 8.98. The molecule has 1 atom stereocenters. The van der Waals surface area contributed by atoms with Crippen LogP contribution in [-0.2, 0) is 0 Å². The van der Waals surface area contributed by atoms with Crippen LogP contribution in [0.2, 0.25) is 0 Å². The monoisotopic (exact) mass is 281 g/mol. The number of hydrazine groups is 1. The minimum absolute atomic E-state index is 0.130. The SMILES string of the molecule is CC(NC(=O)c1cc(F)c(NN)c(F)c1)c1cn[nH]c1. The van der Waals surface area contributed by atoms with Crippen LogP contribution in [0.5, 0.6) is 0 Å². The maximum atomic E-state index is 13.5. The third-order valence-corrected chi connectivity index (χ3v) is 2.82. The Morgan fingerprint density at radius 1 is 1.40 bits per heavy atom. The van der Waals surface area contributed by atoms with Crippen LogP contribution in [-0.4, -0.2) is 16.1 Å². The summed E-state index contributed by atoms with van der Waals surface area (Å²) in [5.74, 6) is 2.51. The molecule has 0 saturated heterocycles. The quantitative estimate of drug-likeness (QED) is 0.504. The number of aromatic amines is 1. The molecular formula is C12H13F2N5O. The third-order valence-electron chi connectivity index (χ3n) is 2.82. The van der Waals surface area contributed by atoms with Gasteiger partial charge in [-0.05, 0) is 19.1 Å². The first kappa shape index (κ1) is 13.9. The molecule has 2 rings (SSSR count). The van der Waals surface area contributed by atoms with E-state index in [1.165, 1.54) is 0 Å². The number of carbonyl (C=O) groups is 1. The largest absolute Gasteiger partial charge is 0.345 e. The number of nitrogens with one attached hydrogen (secondary N) is 3. The van der Waals surface area contributed by atoms with E-state index in [9.17, 15) is 13.6 Å². The van der Waals surface area contributed by atoms with Crippen molar-refractivity contribution < 1.29 is 13.6 Å². The molecule has 20 heavy (non-hydrogen) atoms. The normalized spacial score (nSPS) is 12.0. The van der Waals surface area contributed by atoms with Gasteiger partial charge in [0.2, 0.25) is 0 Å². The molecular weight excluding hydrogens is 268 g/mol. The van der Waals surface area contributed by atoms with Crippen molar-refractivity contribution >= 4 is 11.6 Å². The summed E-state index contributed by atoms with van der Waals surface area (Å²) in [6.45, 7) is 1.73. The van der Waals surface area contributed by atoms with Gasteiger partial charge in [-0.2, -0.15) is 5.10 Å². The van der Waals surface area contributed by atoms with Gasteiger partial charge < -0.3 is 10.7 Å². The van der Waals surface area contributed by atoms with Crippen LogP contribution in [0.1, 0.15) is 28.9 Å². The van der Waals surface area contributed by atoms with Gasteiger partial charge in [-0.25, -0.2) is 8.78 Å². The molecule has 5 N–H and O–H groups in total. The highest BCUT2D eigenvalue weighted by molar-refractivity contribution is 5.94. The molecule has 0 bridgehead atoms. The average Bonchev–Trinajstić information content (AvgIpc) is 2.92. The molecule has 6 nitrogen and oxygen atoms in total. The fourth-order valence-corrected chi connectivity index (χ4v) is 1.70. The second-order valence-electron chi connectivity index (χ2n) is 4.19. The van der Waals surface area contributed by atoms with Crippen molar-refractivity contribution in [3.8, 4) is 0 Å². The Bertz CT molecular complexity index is 591. The van der Waals surface area contributed by atoms with Gasteiger partial charge in [0.15, 0.2) is 11.6 Å². The predicted molar refractivity (Wildman–Crippen MR) is 68.6 cm³/mol. The minimum atomic E-state index is -0.936. The topological polar surface area (TPSA) is 95.8 Å². The summed E-state index contributed by atoms with van der Waals surface area (Å²) in [6, 6.07) is 1.48. The van der Waals surface area contributed by atoms with Gasteiger partial charge in [-0.3, -0.25) is 15.7 Å². The average molecular weight is 281 g/mol. The van der Waals surface area contributed by atoms with Gasteiger partial charge in [0.1, 0.15) is 5.69 Å². The van der Waals surface area contributed by atoms with E-state index in [-0.39, 0.29) is 11.6 Å². The van der Waals surface area contributed by atoms with E-state index in [4.69, 9.17) is 5.84 Å². The van der Waals surface area contributed by atoms with Crippen LogP contribution in [0.3, 0.4) is 0 Å². The van der Waals surface area contributed by atoms with Crippen molar-refractivity contribution in [2.45, 2.75) is 13.0 Å². The molecule has 1 aromatic heterocycles. The number of hydrogen-bond donors (Lipinski definition) is 4. The first-order valence-corrected chi connectivity index (χ1v) is 5.78. The number of hydrogen-bond acceptors (Lipinski definition) is 4. The lowest BCUT2D eigenvalue weighted by molar-refractivity contribution is 0.0939. The van der Waals surface area contributed by atoms with Gasteiger partial charge in [-0.1, -0.05) is 0 Å². The zero-order chi connectivity index (χ0) is 14.7. The lowest BCUT2D eigenvalue weighted by Crippen LogP contribution is -2.27. The number of anilines is 1. The Morgan fingerprint density at radius 3 is 2.55 bits per heavy atom. The smallest absolute Gasteiger partial charge is 0.251 e. The lowest BCUT2D eigenvalue weighted by atomic mass is 10.1. The highest BCUT2D eigenvalue weighted by Crippen LogP contribution is 2.20. The van der Waals surface area contributed by atoms with Gasteiger partial charge in [0, 0.05) is 17.3 Å². The second-order valence-corrected chi connectivity index (χ2v) is 4.19. The van der Waals surface area contributed by atoms with E-state index in [0.717, 1.165) is 17.7 Å². The number of nitrogen functional groups attached to an aromatic ring is 1. The molecule has 0 saturated carbocycles. The number of H-pyrrole nitrogens is 1. The number of rotatable bonds is 4. The molecule has 0 radical (unpaired) electrons. The van der Waals surface area contributed by atoms with Gasteiger partial charge in [-0.15, -0.1) is 0 Å². The van der Waals surface area contributed by atoms with Crippen molar-refractivity contribution in [3.63, 3.8) is 0 Å². The fraction of sp³-hybridized carbons (Fsp3) is 0.167. The minimum Gasteiger partial charge on any atom is -0.345 e. The Morgan fingerprint density at radius 2 is 2.05 bits per heavy atom. The number of nitrogens with zero attached hydrogens (tertiary/aromatic N) is 1. The molecule has 0 aliphatic heterocycles. The second kappa shape index (κ2) is 5.66. The maximum absolute atomic E-state index is 13.5. The van der Waals surface area contributed by atoms with Crippen molar-refractivity contribution in [1.82, 2.24) is 15.5 Å². The number of amides is 1. The first-order chi connectivity index (χ1) is 9.52. The summed E-state index contributed by atoms with van der Waals surface area (Å²) in [6.07, 6.45) is 3.17. The molecule has 1 aromatic carbocycles. The van der Waals surface area contributed by atoms with Crippen molar-refractivity contribution in [1.29, 1.82) is 0 Å². The summed E-state index contributed by atoms with van der Waals surface area (Å²) < 4.78 is 27.0. The third kappa shape index (κ3) is 2.75. The molecule has 0 aliphatic carbocycles. The Balaban J connectivity index is 2.17. The van der Waals surface area contributed by atoms with Crippen LogP contribution >= 0.6 is 0 Å². The zero-order valence-electron chi connectivity index (χ0n) is 10.6. The van der Waals surface area contributed by atoms with Crippen LogP contribution < -0.4 is 16.6 Å². The molecule has 0 aliphatic rings. The molecule has 1 amide bonds. The van der Waals surface area contributed by atoms with Gasteiger partial charge in [0.25, 0.3) is 5.91 Å². The summed E-state index contributed by atoms with van der Waals surface area (Å²) in [7, 11) is 0. The van der Waals surface area contributed by atoms with E-state index in [1.54, 1.807) is 19.3 Å². The number of halogens is 2. The first-order valence-electron chi connectivity index (χ1n) is 5.78. The van der Waals surface area contributed by atoms with E-state index in [1.807, 2.05) is 5.43 Å². The summed E-state index contributed by atoms with van der Waals surface area (Å²) in [5.41, 5.74) is 2.04. The number of benzene rings is 1. The number of aromatic nitrogens is 2. The van der Waals surface area contributed by atoms with Crippen LogP contribution in [0.15, 0.2) is 24.5 Å². The number of carbonyl (C=O) groups excluding carboxylic acids is 1. The predicted octanol–water partition coefficient (Wildman–Crippen LogP) is 1.46. The molecule has 2 aromatic rings. The Labute approximate surface area is 113 Å². The maximum Gasteiger partial charge on any atom is 0.251 e. The van der Waals surface area contributed by atoms with E-state index in [0.29, 0.717) is 0 Å². The van der Waals surface area contributed by atoms with E-state index in [2.05, 4.69) is 15.5 Å². The number of nitrogens with two attached hydrogens (primary N) is 1. The van der Waals surface area contributed by atoms with E-state index < -0.39 is 23.2 Å². The highest BCUT2D eigenvalue weighted by atomic mass is 19.1. The zero-order valence-corrected chi connectivity index (χ0v) is 10.6. The van der Waals surface area contributed by atoms with Crippen LogP contribution in [0.4, 0.5) is 14.5 Å². The van der Waals surface area contributed by atoms with Crippen molar-refractivity contribution in [2.75, 3.05) is 5.43 Å². The lowest BCUT2D eigenvalue weighted by Gasteiger charge is -2.13. The van der Waals surface area contributed by atoms with Crippen LogP contribution in [0, 0.1) is 11.6 Å². The highest BCUT2D eigenvalue weighted by Gasteiger charge is 2.17. The molecule has 8 heteroatoms. The molecule has 0 spiro atoms. The van der Waals surface area contributed by atoms with E-state index >= 15 is 0 Å². The Hall–Kier alpha value is -2.48. The molecule has 0 fully saturated rings. The summed E-state index contributed by atoms with van der Waals surface area (Å²) >= 11 is 0. The fourth-order valence-electron chi connectivity index (χ4n) is 1.70. The van der Waals surface area contributed by atoms with Crippen LogP contribution in [0.25, 0.3) is 0 Å².